The fourth-order valence-corrected chi connectivity index (χ4v) is 2.00. The Morgan fingerprint density at radius 2 is 2.07 bits per heavy atom. The second-order valence-corrected chi connectivity index (χ2v) is 4.09. The Morgan fingerprint density at radius 3 is 2.73 bits per heavy atom. The van der Waals surface area contributed by atoms with Crippen molar-refractivity contribution in [2.75, 3.05) is 26.2 Å². The lowest BCUT2D eigenvalue weighted by molar-refractivity contribution is 0.244. The molecule has 1 fully saturated rings. The van der Waals surface area contributed by atoms with E-state index in [1.54, 1.807) is 0 Å². The molecule has 3 nitrogen and oxygen atoms in total. The molecule has 2 rings (SSSR count). The molecule has 1 aromatic rings. The summed E-state index contributed by atoms with van der Waals surface area (Å²) in [4.78, 5) is 6.68. The number of rotatable bonds is 2. The normalized spacial score (nSPS) is 19.5. The van der Waals surface area contributed by atoms with Gasteiger partial charge < -0.3 is 5.32 Å². The van der Waals surface area contributed by atoms with Crippen LogP contribution in [0.3, 0.4) is 0 Å². The van der Waals surface area contributed by atoms with E-state index in [0.29, 0.717) is 0 Å². The highest BCUT2D eigenvalue weighted by Gasteiger charge is 2.07. The number of nitrogens with zero attached hydrogens (tertiary/aromatic N) is 2. The SMILES string of the molecule is c1cncc(CN2CCCNCCC2)c1. The predicted octanol–water partition coefficient (Wildman–Crippen LogP) is 1.27. The van der Waals surface area contributed by atoms with E-state index < -0.39 is 0 Å². The molecule has 0 unspecified atom stereocenters. The van der Waals surface area contributed by atoms with Crippen LogP contribution in [-0.2, 0) is 6.54 Å². The van der Waals surface area contributed by atoms with Gasteiger partial charge in [-0.15, -0.1) is 0 Å². The molecule has 1 aliphatic rings. The summed E-state index contributed by atoms with van der Waals surface area (Å²) in [6.45, 7) is 5.75. The minimum Gasteiger partial charge on any atom is -0.317 e. The molecule has 0 radical (unpaired) electrons. The van der Waals surface area contributed by atoms with Gasteiger partial charge in [-0.3, -0.25) is 9.88 Å². The maximum atomic E-state index is 4.15. The van der Waals surface area contributed by atoms with Gasteiger partial charge in [-0.05, 0) is 50.7 Å². The molecule has 2 heterocycles. The number of hydrogen-bond acceptors (Lipinski definition) is 3. The maximum Gasteiger partial charge on any atom is 0.0312 e. The van der Waals surface area contributed by atoms with E-state index in [-0.39, 0.29) is 0 Å². The molecule has 0 bridgehead atoms. The largest absolute Gasteiger partial charge is 0.317 e. The van der Waals surface area contributed by atoms with Crippen LogP contribution in [-0.4, -0.2) is 36.1 Å². The van der Waals surface area contributed by atoms with E-state index >= 15 is 0 Å². The van der Waals surface area contributed by atoms with Gasteiger partial charge in [0, 0.05) is 18.9 Å². The standard InChI is InChI=1S/C12H19N3/c1-4-12(10-14-5-1)11-15-8-2-6-13-7-3-9-15/h1,4-5,10,13H,2-3,6-9,11H2. The van der Waals surface area contributed by atoms with E-state index in [4.69, 9.17) is 0 Å². The van der Waals surface area contributed by atoms with E-state index in [1.165, 1.54) is 31.5 Å². The third-order valence-electron chi connectivity index (χ3n) is 2.78. The zero-order valence-corrected chi connectivity index (χ0v) is 9.15. The third kappa shape index (κ3) is 3.61. The third-order valence-corrected chi connectivity index (χ3v) is 2.78. The minimum absolute atomic E-state index is 1.05. The van der Waals surface area contributed by atoms with Gasteiger partial charge in [-0.2, -0.15) is 0 Å². The van der Waals surface area contributed by atoms with Crippen LogP contribution in [0.5, 0.6) is 0 Å². The smallest absolute Gasteiger partial charge is 0.0312 e. The van der Waals surface area contributed by atoms with E-state index in [0.717, 1.165) is 19.6 Å². The van der Waals surface area contributed by atoms with Gasteiger partial charge in [0.2, 0.25) is 0 Å². The van der Waals surface area contributed by atoms with E-state index in [1.807, 2.05) is 18.5 Å². The first-order valence-corrected chi connectivity index (χ1v) is 5.77. The molecule has 1 N–H and O–H groups in total. The topological polar surface area (TPSA) is 28.2 Å². The highest BCUT2D eigenvalue weighted by molar-refractivity contribution is 5.08. The van der Waals surface area contributed by atoms with Gasteiger partial charge in [-0.1, -0.05) is 6.07 Å². The van der Waals surface area contributed by atoms with Crippen LogP contribution in [0.1, 0.15) is 18.4 Å². The summed E-state index contributed by atoms with van der Waals surface area (Å²) >= 11 is 0. The number of nitrogens with one attached hydrogen (secondary N) is 1. The fraction of sp³-hybridized carbons (Fsp3) is 0.583. The Balaban J connectivity index is 1.86. The Morgan fingerprint density at radius 1 is 1.27 bits per heavy atom. The summed E-state index contributed by atoms with van der Waals surface area (Å²) < 4.78 is 0. The molecule has 3 heteroatoms. The lowest BCUT2D eigenvalue weighted by Gasteiger charge is -2.24. The summed E-state index contributed by atoms with van der Waals surface area (Å²) in [6.07, 6.45) is 6.30. The number of aromatic nitrogens is 1. The number of hydrogen-bond donors (Lipinski definition) is 1. The van der Waals surface area contributed by atoms with Crippen LogP contribution in [0, 0.1) is 0 Å². The van der Waals surface area contributed by atoms with Gasteiger partial charge in [0.05, 0.1) is 0 Å². The molecule has 15 heavy (non-hydrogen) atoms. The summed E-state index contributed by atoms with van der Waals surface area (Å²) in [5.74, 6) is 0. The molecule has 1 saturated heterocycles. The maximum absolute atomic E-state index is 4.15. The lowest BCUT2D eigenvalue weighted by Crippen LogP contribution is -2.33. The second kappa shape index (κ2) is 5.83. The molecular weight excluding hydrogens is 186 g/mol. The molecule has 1 aliphatic heterocycles. The van der Waals surface area contributed by atoms with Crippen LogP contribution in [0.4, 0.5) is 0 Å². The molecule has 0 saturated carbocycles. The first-order chi connectivity index (χ1) is 7.45. The predicted molar refractivity (Wildman–Crippen MR) is 61.6 cm³/mol. The molecular formula is C12H19N3. The Hall–Kier alpha value is -0.930. The summed E-state index contributed by atoms with van der Waals surface area (Å²) in [7, 11) is 0. The van der Waals surface area contributed by atoms with Crippen molar-refractivity contribution in [3.8, 4) is 0 Å². The van der Waals surface area contributed by atoms with Crippen molar-refractivity contribution >= 4 is 0 Å². The molecule has 0 spiro atoms. The molecule has 0 amide bonds. The molecule has 1 aromatic heterocycles. The first kappa shape index (κ1) is 10.6. The molecule has 82 valence electrons. The van der Waals surface area contributed by atoms with Crippen LogP contribution >= 0.6 is 0 Å². The number of pyridine rings is 1. The average molecular weight is 205 g/mol. The Labute approximate surface area is 91.5 Å². The van der Waals surface area contributed by atoms with Crippen molar-refractivity contribution in [1.29, 1.82) is 0 Å². The summed E-state index contributed by atoms with van der Waals surface area (Å²) in [5.41, 5.74) is 1.33. The molecule has 0 aliphatic carbocycles. The van der Waals surface area contributed by atoms with Crippen molar-refractivity contribution in [3.05, 3.63) is 30.1 Å². The molecule has 0 atom stereocenters. The monoisotopic (exact) mass is 205 g/mol. The van der Waals surface area contributed by atoms with Crippen LogP contribution in [0.15, 0.2) is 24.5 Å². The van der Waals surface area contributed by atoms with Crippen molar-refractivity contribution in [3.63, 3.8) is 0 Å². The minimum atomic E-state index is 1.05. The molecule has 0 aromatic carbocycles. The van der Waals surface area contributed by atoms with E-state index in [2.05, 4.69) is 21.3 Å². The van der Waals surface area contributed by atoms with Gasteiger partial charge in [0.25, 0.3) is 0 Å². The van der Waals surface area contributed by atoms with Crippen molar-refractivity contribution in [1.82, 2.24) is 15.2 Å². The van der Waals surface area contributed by atoms with Crippen molar-refractivity contribution in [2.45, 2.75) is 19.4 Å². The van der Waals surface area contributed by atoms with E-state index in [9.17, 15) is 0 Å². The van der Waals surface area contributed by atoms with Gasteiger partial charge in [0.1, 0.15) is 0 Å². The zero-order chi connectivity index (χ0) is 10.3. The summed E-state index contributed by atoms with van der Waals surface area (Å²) in [5, 5.41) is 3.43. The quantitative estimate of drug-likeness (QED) is 0.788. The Kier molecular flexibility index (Phi) is 4.11. The van der Waals surface area contributed by atoms with Gasteiger partial charge in [-0.25, -0.2) is 0 Å². The van der Waals surface area contributed by atoms with Gasteiger partial charge >= 0.3 is 0 Å². The van der Waals surface area contributed by atoms with Crippen LogP contribution in [0.25, 0.3) is 0 Å². The fourth-order valence-electron chi connectivity index (χ4n) is 2.00. The lowest BCUT2D eigenvalue weighted by atomic mass is 10.2. The van der Waals surface area contributed by atoms with Gasteiger partial charge in [0.15, 0.2) is 0 Å². The van der Waals surface area contributed by atoms with Crippen LogP contribution in [0.2, 0.25) is 0 Å². The average Bonchev–Trinajstić information content (AvgIpc) is 2.23. The highest BCUT2D eigenvalue weighted by atomic mass is 15.1. The highest BCUT2D eigenvalue weighted by Crippen LogP contribution is 2.05. The second-order valence-electron chi connectivity index (χ2n) is 4.09. The first-order valence-electron chi connectivity index (χ1n) is 5.77. The zero-order valence-electron chi connectivity index (χ0n) is 9.15. The van der Waals surface area contributed by atoms with Crippen molar-refractivity contribution < 1.29 is 0 Å². The van der Waals surface area contributed by atoms with Crippen molar-refractivity contribution in [2.24, 2.45) is 0 Å². The Bertz CT molecular complexity index is 265. The van der Waals surface area contributed by atoms with Crippen LogP contribution < -0.4 is 5.32 Å². The summed E-state index contributed by atoms with van der Waals surface area (Å²) in [6, 6.07) is 4.17.